The van der Waals surface area contributed by atoms with Crippen molar-refractivity contribution >= 4 is 27.3 Å². The van der Waals surface area contributed by atoms with E-state index in [4.69, 9.17) is 25.8 Å². The van der Waals surface area contributed by atoms with Crippen molar-refractivity contribution in [1.29, 1.82) is 0 Å². The molecule has 0 aliphatic heterocycles. The minimum absolute atomic E-state index is 0.0876. The average Bonchev–Trinajstić information content (AvgIpc) is 2.80. The molecule has 0 N–H and O–H groups in total. The molecule has 3 rings (SSSR count). The molecule has 0 aliphatic rings. The molecular formula is C24H26ClNO5S. The van der Waals surface area contributed by atoms with Gasteiger partial charge in [0.2, 0.25) is 0 Å². The molecule has 0 unspecified atom stereocenters. The van der Waals surface area contributed by atoms with Crippen molar-refractivity contribution in [3.63, 3.8) is 0 Å². The van der Waals surface area contributed by atoms with Gasteiger partial charge < -0.3 is 14.2 Å². The van der Waals surface area contributed by atoms with Crippen LogP contribution < -0.4 is 18.5 Å². The Labute approximate surface area is 194 Å². The average molecular weight is 476 g/mol. The van der Waals surface area contributed by atoms with Crippen LogP contribution in [0.1, 0.15) is 24.1 Å². The highest BCUT2D eigenvalue weighted by Crippen LogP contribution is 2.39. The largest absolute Gasteiger partial charge is 0.497 e. The topological polar surface area (TPSA) is 65.1 Å². The molecule has 170 valence electrons. The monoisotopic (exact) mass is 475 g/mol. The van der Waals surface area contributed by atoms with Crippen LogP contribution in [0.25, 0.3) is 0 Å². The molecule has 0 saturated heterocycles. The van der Waals surface area contributed by atoms with Crippen LogP contribution in [0.5, 0.6) is 17.2 Å². The van der Waals surface area contributed by atoms with E-state index in [1.807, 2.05) is 6.92 Å². The summed E-state index contributed by atoms with van der Waals surface area (Å²) in [6, 6.07) is 16.3. The summed E-state index contributed by atoms with van der Waals surface area (Å²) in [5.41, 5.74) is 1.89. The van der Waals surface area contributed by atoms with Crippen molar-refractivity contribution in [1.82, 2.24) is 0 Å². The highest BCUT2D eigenvalue weighted by molar-refractivity contribution is 7.92. The fraction of sp³-hybridized carbons (Fsp3) is 0.250. The molecule has 3 aromatic carbocycles. The smallest absolute Gasteiger partial charge is 0.264 e. The standard InChI is InChI=1S/C24H26ClNO5S/c1-16-9-11-21(15-23(16)25)32(27,28)26(18-7-6-8-19(13-18)29-3)17(2)22-14-20(30-4)10-12-24(22)31-5/h6-15,17H,1-5H3/t17-/m0/s1. The zero-order chi connectivity index (χ0) is 23.5. The van der Waals surface area contributed by atoms with Crippen LogP contribution in [0.3, 0.4) is 0 Å². The van der Waals surface area contributed by atoms with Gasteiger partial charge in [-0.3, -0.25) is 4.31 Å². The first-order valence-corrected chi connectivity index (χ1v) is 11.7. The molecule has 0 saturated carbocycles. The molecule has 0 fully saturated rings. The van der Waals surface area contributed by atoms with Gasteiger partial charge in [-0.2, -0.15) is 0 Å². The van der Waals surface area contributed by atoms with Gasteiger partial charge in [-0.15, -0.1) is 0 Å². The minimum atomic E-state index is -4.01. The third-order valence-electron chi connectivity index (χ3n) is 5.25. The molecule has 0 radical (unpaired) electrons. The zero-order valence-corrected chi connectivity index (χ0v) is 20.2. The van der Waals surface area contributed by atoms with Crippen LogP contribution in [-0.2, 0) is 10.0 Å². The van der Waals surface area contributed by atoms with E-state index in [2.05, 4.69) is 0 Å². The van der Waals surface area contributed by atoms with Crippen LogP contribution in [0.4, 0.5) is 5.69 Å². The Bertz CT molecular complexity index is 1210. The summed E-state index contributed by atoms with van der Waals surface area (Å²) in [5.74, 6) is 1.67. The van der Waals surface area contributed by atoms with E-state index < -0.39 is 16.1 Å². The van der Waals surface area contributed by atoms with Gasteiger partial charge in [0, 0.05) is 16.7 Å². The molecule has 0 amide bonds. The molecule has 0 spiro atoms. The van der Waals surface area contributed by atoms with Gasteiger partial charge in [0.15, 0.2) is 0 Å². The van der Waals surface area contributed by atoms with Crippen molar-refractivity contribution in [2.24, 2.45) is 0 Å². The fourth-order valence-electron chi connectivity index (χ4n) is 3.46. The van der Waals surface area contributed by atoms with Crippen LogP contribution >= 0.6 is 11.6 Å². The number of methoxy groups -OCH3 is 3. The van der Waals surface area contributed by atoms with Gasteiger partial charge in [-0.1, -0.05) is 23.7 Å². The second-order valence-electron chi connectivity index (χ2n) is 7.20. The highest BCUT2D eigenvalue weighted by atomic mass is 35.5. The van der Waals surface area contributed by atoms with Crippen LogP contribution in [0.15, 0.2) is 65.6 Å². The molecule has 8 heteroatoms. The quantitative estimate of drug-likeness (QED) is 0.422. The Morgan fingerprint density at radius 3 is 2.19 bits per heavy atom. The lowest BCUT2D eigenvalue weighted by molar-refractivity contribution is 0.396. The first-order valence-electron chi connectivity index (χ1n) is 9.89. The zero-order valence-electron chi connectivity index (χ0n) is 18.6. The number of anilines is 1. The molecule has 0 heterocycles. The Morgan fingerprint density at radius 1 is 0.875 bits per heavy atom. The molecule has 0 aliphatic carbocycles. The second-order valence-corrected chi connectivity index (χ2v) is 9.42. The first-order chi connectivity index (χ1) is 15.2. The Balaban J connectivity index is 2.24. The molecular weight excluding hydrogens is 450 g/mol. The second kappa shape index (κ2) is 9.71. The predicted octanol–water partition coefficient (Wildman–Crippen LogP) is 5.63. The number of hydrogen-bond donors (Lipinski definition) is 0. The summed E-state index contributed by atoms with van der Waals surface area (Å²) < 4.78 is 45.4. The maximum atomic E-state index is 13.9. The normalized spacial score (nSPS) is 12.2. The van der Waals surface area contributed by atoms with Gasteiger partial charge in [-0.25, -0.2) is 8.42 Å². The van der Waals surface area contributed by atoms with Gasteiger partial charge in [0.05, 0.1) is 38.0 Å². The number of sulfonamides is 1. The summed E-state index contributed by atoms with van der Waals surface area (Å²) in [7, 11) is 0.621. The molecule has 6 nitrogen and oxygen atoms in total. The Morgan fingerprint density at radius 2 is 1.56 bits per heavy atom. The van der Waals surface area contributed by atoms with Crippen LogP contribution in [0, 0.1) is 6.92 Å². The summed E-state index contributed by atoms with van der Waals surface area (Å²) in [4.78, 5) is 0.0876. The maximum absolute atomic E-state index is 13.9. The summed E-state index contributed by atoms with van der Waals surface area (Å²) in [6.45, 7) is 3.62. The third kappa shape index (κ3) is 4.64. The molecule has 0 bridgehead atoms. The maximum Gasteiger partial charge on any atom is 0.264 e. The molecule has 3 aromatic rings. The highest BCUT2D eigenvalue weighted by Gasteiger charge is 2.32. The fourth-order valence-corrected chi connectivity index (χ4v) is 5.36. The van der Waals surface area contributed by atoms with Crippen molar-refractivity contribution in [2.45, 2.75) is 24.8 Å². The van der Waals surface area contributed by atoms with Crippen molar-refractivity contribution in [2.75, 3.05) is 25.6 Å². The molecule has 1 atom stereocenters. The number of rotatable bonds is 8. The van der Waals surface area contributed by atoms with E-state index >= 15 is 0 Å². The van der Waals surface area contributed by atoms with E-state index in [9.17, 15) is 8.42 Å². The minimum Gasteiger partial charge on any atom is -0.497 e. The van der Waals surface area contributed by atoms with Crippen molar-refractivity contribution in [3.05, 3.63) is 76.8 Å². The van der Waals surface area contributed by atoms with Gasteiger partial charge in [0.1, 0.15) is 17.2 Å². The lowest BCUT2D eigenvalue weighted by atomic mass is 10.1. The Hall–Kier alpha value is -2.90. The first kappa shape index (κ1) is 23.8. The van der Waals surface area contributed by atoms with E-state index in [0.717, 1.165) is 5.56 Å². The number of benzene rings is 3. The SMILES string of the molecule is COc1cccc(N([C@@H](C)c2cc(OC)ccc2OC)S(=O)(=O)c2ccc(C)c(Cl)c2)c1. The summed E-state index contributed by atoms with van der Waals surface area (Å²) in [6.07, 6.45) is 0. The Kier molecular flexibility index (Phi) is 7.21. The molecule has 32 heavy (non-hydrogen) atoms. The molecule has 0 aromatic heterocycles. The summed E-state index contributed by atoms with van der Waals surface area (Å²) >= 11 is 6.26. The van der Waals surface area contributed by atoms with Gasteiger partial charge in [0.25, 0.3) is 10.0 Å². The van der Waals surface area contributed by atoms with E-state index in [1.165, 1.54) is 17.5 Å². The van der Waals surface area contributed by atoms with E-state index in [1.54, 1.807) is 75.7 Å². The number of aryl methyl sites for hydroxylation is 1. The third-order valence-corrected chi connectivity index (χ3v) is 7.55. The number of ether oxygens (including phenoxy) is 3. The van der Waals surface area contributed by atoms with Crippen LogP contribution in [-0.4, -0.2) is 29.7 Å². The predicted molar refractivity (Wildman–Crippen MR) is 127 cm³/mol. The van der Waals surface area contributed by atoms with Gasteiger partial charge in [-0.05, 0) is 61.9 Å². The van der Waals surface area contributed by atoms with Crippen LogP contribution in [0.2, 0.25) is 5.02 Å². The summed E-state index contributed by atoms with van der Waals surface area (Å²) in [5, 5.41) is 0.378. The number of halogens is 1. The lowest BCUT2D eigenvalue weighted by Crippen LogP contribution is -2.34. The lowest BCUT2D eigenvalue weighted by Gasteiger charge is -2.32. The van der Waals surface area contributed by atoms with Crippen molar-refractivity contribution < 1.29 is 22.6 Å². The van der Waals surface area contributed by atoms with E-state index in [0.29, 0.717) is 33.5 Å². The number of nitrogens with zero attached hydrogens (tertiary/aromatic N) is 1. The van der Waals surface area contributed by atoms with Crippen molar-refractivity contribution in [3.8, 4) is 17.2 Å². The van der Waals surface area contributed by atoms with Gasteiger partial charge >= 0.3 is 0 Å². The van der Waals surface area contributed by atoms with E-state index in [-0.39, 0.29) is 4.90 Å². The number of hydrogen-bond acceptors (Lipinski definition) is 5.